The van der Waals surface area contributed by atoms with E-state index in [2.05, 4.69) is 12.2 Å². The van der Waals surface area contributed by atoms with Gasteiger partial charge >= 0.3 is 0 Å². The summed E-state index contributed by atoms with van der Waals surface area (Å²) in [5.74, 6) is 0.535. The monoisotopic (exact) mass is 251 g/mol. The SMILES string of the molecule is CCCC(CC)C(=O)NCC1CC1(Cl)Cl. The Morgan fingerprint density at radius 3 is 2.53 bits per heavy atom. The number of halogens is 2. The Labute approximate surface area is 102 Å². The van der Waals surface area contributed by atoms with Gasteiger partial charge in [-0.25, -0.2) is 0 Å². The van der Waals surface area contributed by atoms with Gasteiger partial charge in [-0.1, -0.05) is 20.3 Å². The zero-order valence-corrected chi connectivity index (χ0v) is 10.9. The molecule has 2 nitrogen and oxygen atoms in total. The lowest BCUT2D eigenvalue weighted by molar-refractivity contribution is -0.125. The Balaban J connectivity index is 2.23. The van der Waals surface area contributed by atoms with Crippen molar-refractivity contribution in [2.24, 2.45) is 11.8 Å². The molecule has 1 aliphatic carbocycles. The number of hydrogen-bond acceptors (Lipinski definition) is 1. The average Bonchev–Trinajstić information content (AvgIpc) is 2.79. The standard InChI is InChI=1S/C11H19Cl2NO/c1-3-5-8(4-2)10(15)14-7-9-6-11(9,12)13/h8-9H,3-7H2,1-2H3,(H,14,15). The van der Waals surface area contributed by atoms with Crippen LogP contribution in [0.3, 0.4) is 0 Å². The highest BCUT2D eigenvalue weighted by Crippen LogP contribution is 2.52. The molecule has 2 unspecified atom stereocenters. The zero-order valence-electron chi connectivity index (χ0n) is 9.35. The largest absolute Gasteiger partial charge is 0.355 e. The van der Waals surface area contributed by atoms with Crippen LogP contribution in [0.15, 0.2) is 0 Å². The third-order valence-electron chi connectivity index (χ3n) is 2.98. The second kappa shape index (κ2) is 5.40. The zero-order chi connectivity index (χ0) is 11.5. The van der Waals surface area contributed by atoms with Gasteiger partial charge in [-0.2, -0.15) is 0 Å². The van der Waals surface area contributed by atoms with Gasteiger partial charge < -0.3 is 5.32 Å². The number of carbonyl (C=O) groups excluding carboxylic acids is 1. The number of rotatable bonds is 6. The van der Waals surface area contributed by atoms with Crippen LogP contribution < -0.4 is 5.32 Å². The van der Waals surface area contributed by atoms with Crippen LogP contribution in [-0.2, 0) is 4.79 Å². The minimum Gasteiger partial charge on any atom is -0.355 e. The lowest BCUT2D eigenvalue weighted by atomic mass is 10.00. The average molecular weight is 252 g/mol. The molecule has 15 heavy (non-hydrogen) atoms. The highest BCUT2D eigenvalue weighted by atomic mass is 35.5. The quantitative estimate of drug-likeness (QED) is 0.723. The molecule has 1 fully saturated rings. The first-order valence-corrected chi connectivity index (χ1v) is 6.42. The lowest BCUT2D eigenvalue weighted by Crippen LogP contribution is -2.32. The second-order valence-electron chi connectivity index (χ2n) is 4.30. The molecular formula is C11H19Cl2NO. The van der Waals surface area contributed by atoms with Gasteiger partial charge in [0.1, 0.15) is 4.33 Å². The predicted molar refractivity (Wildman–Crippen MR) is 64.2 cm³/mol. The molecule has 88 valence electrons. The van der Waals surface area contributed by atoms with Crippen molar-refractivity contribution in [1.82, 2.24) is 5.32 Å². The molecule has 0 radical (unpaired) electrons. The highest BCUT2D eigenvalue weighted by molar-refractivity contribution is 6.50. The number of amides is 1. The van der Waals surface area contributed by atoms with E-state index >= 15 is 0 Å². The van der Waals surface area contributed by atoms with Gasteiger partial charge in [-0.05, 0) is 19.3 Å². The van der Waals surface area contributed by atoms with Gasteiger partial charge in [0.2, 0.25) is 5.91 Å². The normalized spacial score (nSPS) is 24.7. The third-order valence-corrected chi connectivity index (χ3v) is 3.90. The Morgan fingerprint density at radius 2 is 2.13 bits per heavy atom. The topological polar surface area (TPSA) is 29.1 Å². The molecule has 1 saturated carbocycles. The molecule has 0 aromatic heterocycles. The van der Waals surface area contributed by atoms with Crippen molar-refractivity contribution in [1.29, 1.82) is 0 Å². The number of carbonyl (C=O) groups is 1. The summed E-state index contributed by atoms with van der Waals surface area (Å²) < 4.78 is -0.584. The molecule has 0 bridgehead atoms. The van der Waals surface area contributed by atoms with Crippen molar-refractivity contribution in [3.63, 3.8) is 0 Å². The molecule has 0 saturated heterocycles. The lowest BCUT2D eigenvalue weighted by Gasteiger charge is -2.13. The minimum absolute atomic E-state index is 0.147. The van der Waals surface area contributed by atoms with E-state index in [0.717, 1.165) is 25.7 Å². The van der Waals surface area contributed by atoms with Crippen LogP contribution in [0.2, 0.25) is 0 Å². The first-order valence-electron chi connectivity index (χ1n) is 5.66. The molecule has 1 N–H and O–H groups in total. The van der Waals surface area contributed by atoms with Crippen LogP contribution in [0, 0.1) is 11.8 Å². The molecule has 1 aliphatic rings. The smallest absolute Gasteiger partial charge is 0.223 e. The minimum atomic E-state index is -0.584. The molecule has 0 aliphatic heterocycles. The highest BCUT2D eigenvalue weighted by Gasteiger charge is 2.51. The maximum absolute atomic E-state index is 11.7. The predicted octanol–water partition coefficient (Wildman–Crippen LogP) is 3.12. The summed E-state index contributed by atoms with van der Waals surface area (Å²) in [7, 11) is 0. The first-order chi connectivity index (χ1) is 7.01. The first kappa shape index (κ1) is 13.1. The summed E-state index contributed by atoms with van der Waals surface area (Å²) in [6.45, 7) is 4.76. The van der Waals surface area contributed by atoms with Crippen molar-refractivity contribution >= 4 is 29.1 Å². The van der Waals surface area contributed by atoms with Crippen molar-refractivity contribution in [2.75, 3.05) is 6.54 Å². The number of alkyl halides is 2. The second-order valence-corrected chi connectivity index (χ2v) is 5.84. The van der Waals surface area contributed by atoms with Crippen molar-refractivity contribution in [3.8, 4) is 0 Å². The van der Waals surface area contributed by atoms with Crippen LogP contribution in [0.5, 0.6) is 0 Å². The van der Waals surface area contributed by atoms with Crippen LogP contribution in [0.4, 0.5) is 0 Å². The number of hydrogen-bond donors (Lipinski definition) is 1. The fraction of sp³-hybridized carbons (Fsp3) is 0.909. The van der Waals surface area contributed by atoms with E-state index in [-0.39, 0.29) is 17.7 Å². The van der Waals surface area contributed by atoms with Gasteiger partial charge in [-0.15, -0.1) is 23.2 Å². The van der Waals surface area contributed by atoms with E-state index < -0.39 is 4.33 Å². The van der Waals surface area contributed by atoms with Gasteiger partial charge in [-0.3, -0.25) is 4.79 Å². The van der Waals surface area contributed by atoms with Crippen molar-refractivity contribution in [2.45, 2.75) is 43.9 Å². The van der Waals surface area contributed by atoms with E-state index in [9.17, 15) is 4.79 Å². The van der Waals surface area contributed by atoms with Gasteiger partial charge in [0, 0.05) is 18.4 Å². The summed E-state index contributed by atoms with van der Waals surface area (Å²) in [5.41, 5.74) is 0. The van der Waals surface area contributed by atoms with Gasteiger partial charge in [0.15, 0.2) is 0 Å². The Bertz CT molecular complexity index is 231. The Kier molecular flexibility index (Phi) is 4.72. The molecule has 4 heteroatoms. The Morgan fingerprint density at radius 1 is 1.53 bits per heavy atom. The van der Waals surface area contributed by atoms with Crippen molar-refractivity contribution < 1.29 is 4.79 Å². The fourth-order valence-electron chi connectivity index (χ4n) is 1.73. The van der Waals surface area contributed by atoms with Crippen LogP contribution in [0.25, 0.3) is 0 Å². The van der Waals surface area contributed by atoms with Crippen LogP contribution >= 0.6 is 23.2 Å². The van der Waals surface area contributed by atoms with Gasteiger partial charge in [0.05, 0.1) is 0 Å². The van der Waals surface area contributed by atoms with Gasteiger partial charge in [0.25, 0.3) is 0 Å². The maximum atomic E-state index is 11.7. The molecular weight excluding hydrogens is 233 g/mol. The summed E-state index contributed by atoms with van der Waals surface area (Å²) in [4.78, 5) is 11.7. The molecule has 0 aromatic rings. The molecule has 1 amide bonds. The summed E-state index contributed by atoms with van der Waals surface area (Å²) in [6, 6.07) is 0. The van der Waals surface area contributed by atoms with E-state index in [0.29, 0.717) is 6.54 Å². The maximum Gasteiger partial charge on any atom is 0.223 e. The van der Waals surface area contributed by atoms with E-state index in [1.165, 1.54) is 0 Å². The molecule has 0 spiro atoms. The number of nitrogens with one attached hydrogen (secondary N) is 1. The van der Waals surface area contributed by atoms with Crippen LogP contribution in [-0.4, -0.2) is 16.8 Å². The summed E-state index contributed by atoms with van der Waals surface area (Å²) in [6.07, 6.45) is 3.70. The summed E-state index contributed by atoms with van der Waals surface area (Å²) >= 11 is 11.8. The van der Waals surface area contributed by atoms with E-state index in [1.807, 2.05) is 6.92 Å². The Hall–Kier alpha value is 0.0500. The summed E-state index contributed by atoms with van der Waals surface area (Å²) in [5, 5.41) is 2.93. The fourth-order valence-corrected chi connectivity index (χ4v) is 2.26. The molecule has 0 aromatic carbocycles. The molecule has 2 atom stereocenters. The third kappa shape index (κ3) is 3.84. The molecule has 0 heterocycles. The van der Waals surface area contributed by atoms with Crippen molar-refractivity contribution in [3.05, 3.63) is 0 Å². The van der Waals surface area contributed by atoms with E-state index in [1.54, 1.807) is 0 Å². The van der Waals surface area contributed by atoms with Crippen LogP contribution in [0.1, 0.15) is 39.5 Å². The van der Waals surface area contributed by atoms with E-state index in [4.69, 9.17) is 23.2 Å². The molecule has 1 rings (SSSR count).